The molecule has 0 saturated carbocycles. The van der Waals surface area contributed by atoms with Crippen LogP contribution in [0, 0.1) is 0 Å². The summed E-state index contributed by atoms with van der Waals surface area (Å²) in [5.41, 5.74) is 10.5. The van der Waals surface area contributed by atoms with Gasteiger partial charge in [-0.2, -0.15) is 0 Å². The molecular formula is C12H12N4O2. The summed E-state index contributed by atoms with van der Waals surface area (Å²) in [6.45, 7) is 2.00. The highest BCUT2D eigenvalue weighted by Gasteiger charge is 2.22. The van der Waals surface area contributed by atoms with Gasteiger partial charge in [0.15, 0.2) is 5.78 Å². The molecule has 0 fully saturated rings. The Hall–Kier alpha value is -2.33. The molecule has 2 rings (SSSR count). The molecule has 1 aromatic carbocycles. The van der Waals surface area contributed by atoms with Crippen molar-refractivity contribution in [1.29, 1.82) is 0 Å². The molecule has 1 amide bonds. The number of azide groups is 1. The molecule has 0 aromatic heterocycles. The Morgan fingerprint density at radius 1 is 1.50 bits per heavy atom. The van der Waals surface area contributed by atoms with Crippen LogP contribution in [0.1, 0.15) is 22.8 Å². The first-order valence-corrected chi connectivity index (χ1v) is 5.58. The first-order chi connectivity index (χ1) is 8.63. The van der Waals surface area contributed by atoms with Crippen molar-refractivity contribution in [2.24, 2.45) is 5.11 Å². The fourth-order valence-corrected chi connectivity index (χ4v) is 2.09. The van der Waals surface area contributed by atoms with Gasteiger partial charge in [-0.05, 0) is 35.7 Å². The van der Waals surface area contributed by atoms with E-state index in [-0.39, 0.29) is 18.2 Å². The van der Waals surface area contributed by atoms with Crippen molar-refractivity contribution < 1.29 is 9.59 Å². The average Bonchev–Trinajstić information content (AvgIpc) is 2.78. The van der Waals surface area contributed by atoms with Crippen LogP contribution in [0.3, 0.4) is 0 Å². The van der Waals surface area contributed by atoms with Crippen LogP contribution in [-0.2, 0) is 11.2 Å². The van der Waals surface area contributed by atoms with Crippen molar-refractivity contribution in [3.63, 3.8) is 0 Å². The summed E-state index contributed by atoms with van der Waals surface area (Å²) in [5, 5.41) is 3.25. The Kier molecular flexibility index (Phi) is 3.30. The lowest BCUT2D eigenvalue weighted by molar-refractivity contribution is -0.116. The zero-order chi connectivity index (χ0) is 13.1. The molecule has 0 radical (unpaired) electrons. The predicted molar refractivity (Wildman–Crippen MR) is 66.5 cm³/mol. The van der Waals surface area contributed by atoms with Crippen molar-refractivity contribution in [3.05, 3.63) is 39.8 Å². The molecule has 0 spiro atoms. The SMILES string of the molecule is CC(=O)N1CCc2cc(C(=O)CN=[N+]=[N-])ccc21. The molecule has 0 aliphatic carbocycles. The van der Waals surface area contributed by atoms with Gasteiger partial charge in [0.05, 0.1) is 6.54 Å². The van der Waals surface area contributed by atoms with E-state index in [2.05, 4.69) is 10.0 Å². The van der Waals surface area contributed by atoms with Crippen molar-refractivity contribution in [2.45, 2.75) is 13.3 Å². The minimum atomic E-state index is -0.211. The smallest absolute Gasteiger partial charge is 0.223 e. The molecule has 1 aliphatic rings. The van der Waals surface area contributed by atoms with E-state index in [0.29, 0.717) is 12.1 Å². The summed E-state index contributed by atoms with van der Waals surface area (Å²) in [5.74, 6) is -0.209. The van der Waals surface area contributed by atoms with Crippen LogP contribution < -0.4 is 4.90 Å². The molecule has 0 bridgehead atoms. The van der Waals surface area contributed by atoms with Crippen LogP contribution >= 0.6 is 0 Å². The minimum Gasteiger partial charge on any atom is -0.312 e. The molecule has 0 unspecified atom stereocenters. The van der Waals surface area contributed by atoms with Gasteiger partial charge in [0.2, 0.25) is 5.91 Å². The first kappa shape index (κ1) is 12.1. The van der Waals surface area contributed by atoms with E-state index in [1.165, 1.54) is 6.92 Å². The maximum atomic E-state index is 11.7. The first-order valence-electron chi connectivity index (χ1n) is 5.58. The zero-order valence-corrected chi connectivity index (χ0v) is 9.96. The Morgan fingerprint density at radius 3 is 2.94 bits per heavy atom. The second kappa shape index (κ2) is 4.89. The van der Waals surface area contributed by atoms with Crippen molar-refractivity contribution in [3.8, 4) is 0 Å². The van der Waals surface area contributed by atoms with Gasteiger partial charge in [0.1, 0.15) is 0 Å². The number of nitrogens with zero attached hydrogens (tertiary/aromatic N) is 4. The number of Topliss-reactive ketones (excluding diaryl/α,β-unsaturated/α-hetero) is 1. The van der Waals surface area contributed by atoms with Gasteiger partial charge in [0.25, 0.3) is 0 Å². The van der Waals surface area contributed by atoms with Crippen LogP contribution in [0.25, 0.3) is 10.4 Å². The third-order valence-corrected chi connectivity index (χ3v) is 2.95. The summed E-state index contributed by atoms with van der Waals surface area (Å²) >= 11 is 0. The minimum absolute atomic E-state index is 0.00177. The van der Waals surface area contributed by atoms with E-state index in [4.69, 9.17) is 5.53 Å². The van der Waals surface area contributed by atoms with Crippen molar-refractivity contribution in [1.82, 2.24) is 0 Å². The normalized spacial score (nSPS) is 12.8. The number of carbonyl (C=O) groups is 2. The second-order valence-corrected chi connectivity index (χ2v) is 4.08. The average molecular weight is 244 g/mol. The summed E-state index contributed by atoms with van der Waals surface area (Å²) in [7, 11) is 0. The van der Waals surface area contributed by atoms with Gasteiger partial charge < -0.3 is 4.90 Å². The Labute approximate surface area is 104 Å². The molecule has 0 N–H and O–H groups in total. The second-order valence-electron chi connectivity index (χ2n) is 4.08. The predicted octanol–water partition coefficient (Wildman–Crippen LogP) is 2.09. The molecule has 1 aliphatic heterocycles. The Balaban J connectivity index is 2.27. The number of carbonyl (C=O) groups excluding carboxylic acids is 2. The number of hydrogen-bond donors (Lipinski definition) is 0. The lowest BCUT2D eigenvalue weighted by atomic mass is 10.1. The van der Waals surface area contributed by atoms with E-state index in [9.17, 15) is 9.59 Å². The van der Waals surface area contributed by atoms with E-state index in [1.54, 1.807) is 23.1 Å². The number of anilines is 1. The fourth-order valence-electron chi connectivity index (χ4n) is 2.09. The van der Waals surface area contributed by atoms with Crippen molar-refractivity contribution >= 4 is 17.4 Å². The molecule has 0 saturated heterocycles. The quantitative estimate of drug-likeness (QED) is 0.353. The van der Waals surface area contributed by atoms with E-state index >= 15 is 0 Å². The summed E-state index contributed by atoms with van der Waals surface area (Å²) < 4.78 is 0. The van der Waals surface area contributed by atoms with E-state index in [0.717, 1.165) is 17.7 Å². The van der Waals surface area contributed by atoms with Gasteiger partial charge in [-0.25, -0.2) is 0 Å². The highest BCUT2D eigenvalue weighted by molar-refractivity contribution is 6.00. The van der Waals surface area contributed by atoms with Gasteiger partial charge in [-0.15, -0.1) is 0 Å². The van der Waals surface area contributed by atoms with Crippen LogP contribution in [0.15, 0.2) is 23.3 Å². The maximum absolute atomic E-state index is 11.7. The van der Waals surface area contributed by atoms with Crippen molar-refractivity contribution in [2.75, 3.05) is 18.0 Å². The molecule has 6 nitrogen and oxygen atoms in total. The molecule has 0 atom stereocenters. The number of fused-ring (bicyclic) bond motifs is 1. The third-order valence-electron chi connectivity index (χ3n) is 2.95. The standard InChI is InChI=1S/C12H12N4O2/c1-8(17)16-5-4-9-6-10(2-3-11(9)16)12(18)7-14-15-13/h2-3,6H,4-5,7H2,1H3. The topological polar surface area (TPSA) is 86.1 Å². The highest BCUT2D eigenvalue weighted by Crippen LogP contribution is 2.28. The number of amides is 1. The Bertz CT molecular complexity index is 561. The fraction of sp³-hybridized carbons (Fsp3) is 0.333. The summed E-state index contributed by atoms with van der Waals surface area (Å²) in [6, 6.07) is 5.20. The number of rotatable bonds is 3. The third kappa shape index (κ3) is 2.19. The molecule has 1 aromatic rings. The summed E-state index contributed by atoms with van der Waals surface area (Å²) in [4.78, 5) is 27.3. The van der Waals surface area contributed by atoms with E-state index < -0.39 is 0 Å². The largest absolute Gasteiger partial charge is 0.312 e. The molecule has 6 heteroatoms. The zero-order valence-electron chi connectivity index (χ0n) is 9.96. The maximum Gasteiger partial charge on any atom is 0.223 e. The lowest BCUT2D eigenvalue weighted by Crippen LogP contribution is -2.25. The molecule has 1 heterocycles. The van der Waals surface area contributed by atoms with Gasteiger partial charge >= 0.3 is 0 Å². The van der Waals surface area contributed by atoms with E-state index in [1.807, 2.05) is 0 Å². The highest BCUT2D eigenvalue weighted by atomic mass is 16.2. The molecule has 18 heavy (non-hydrogen) atoms. The summed E-state index contributed by atoms with van der Waals surface area (Å²) in [6.07, 6.45) is 0.748. The van der Waals surface area contributed by atoms with Gasteiger partial charge in [-0.1, -0.05) is 5.11 Å². The number of benzene rings is 1. The monoisotopic (exact) mass is 244 g/mol. The molecular weight excluding hydrogens is 232 g/mol. The Morgan fingerprint density at radius 2 is 2.28 bits per heavy atom. The molecule has 92 valence electrons. The van der Waals surface area contributed by atoms with Gasteiger partial charge in [0, 0.05) is 29.6 Å². The lowest BCUT2D eigenvalue weighted by Gasteiger charge is -2.14. The number of ketones is 1. The van der Waals surface area contributed by atoms with Crippen LogP contribution in [0.5, 0.6) is 0 Å². The van der Waals surface area contributed by atoms with Gasteiger partial charge in [-0.3, -0.25) is 9.59 Å². The number of hydrogen-bond acceptors (Lipinski definition) is 3. The van der Waals surface area contributed by atoms with Crippen LogP contribution in [0.2, 0.25) is 0 Å². The van der Waals surface area contributed by atoms with Crippen LogP contribution in [0.4, 0.5) is 5.69 Å². The van der Waals surface area contributed by atoms with Crippen LogP contribution in [-0.4, -0.2) is 24.8 Å².